The number of anilines is 1. The Bertz CT molecular complexity index is 887. The smallest absolute Gasteiger partial charge is 0.338 e. The zero-order valence-corrected chi connectivity index (χ0v) is 14.7. The summed E-state index contributed by atoms with van der Waals surface area (Å²) in [6, 6.07) is 6.49. The van der Waals surface area contributed by atoms with Gasteiger partial charge in [-0.25, -0.2) is 22.0 Å². The number of hydrogen-bond donors (Lipinski definition) is 1. The van der Waals surface area contributed by atoms with Crippen LogP contribution in [0.25, 0.3) is 0 Å². The van der Waals surface area contributed by atoms with Crippen LogP contribution in [0.4, 0.5) is 14.5 Å². The molecule has 0 aromatic heterocycles. The van der Waals surface area contributed by atoms with E-state index >= 15 is 0 Å². The highest BCUT2D eigenvalue weighted by molar-refractivity contribution is 9.10. The summed E-state index contributed by atoms with van der Waals surface area (Å²) in [6.07, 6.45) is 0. The van der Waals surface area contributed by atoms with Crippen LogP contribution < -0.4 is 4.72 Å². The number of carbonyl (C=O) groups excluding carboxylic acids is 1. The van der Waals surface area contributed by atoms with Gasteiger partial charge in [0.1, 0.15) is 16.5 Å². The number of nitrogens with one attached hydrogen (secondary N) is 1. The zero-order chi connectivity index (χ0) is 17.9. The van der Waals surface area contributed by atoms with E-state index in [-0.39, 0.29) is 12.2 Å². The molecule has 0 aliphatic carbocycles. The second-order valence-corrected chi connectivity index (χ2v) is 7.16. The average Bonchev–Trinajstić information content (AvgIpc) is 2.49. The van der Waals surface area contributed by atoms with Crippen LogP contribution in [0.15, 0.2) is 45.8 Å². The number of hydrogen-bond acceptors (Lipinski definition) is 4. The average molecular weight is 420 g/mol. The van der Waals surface area contributed by atoms with Gasteiger partial charge < -0.3 is 4.74 Å². The Labute approximate surface area is 145 Å². The largest absolute Gasteiger partial charge is 0.462 e. The number of ether oxygens (including phenoxy) is 1. The summed E-state index contributed by atoms with van der Waals surface area (Å²) in [7, 11) is -4.33. The summed E-state index contributed by atoms with van der Waals surface area (Å²) in [4.78, 5) is 10.9. The maximum atomic E-state index is 14.0. The Morgan fingerprint density at radius 3 is 2.46 bits per heavy atom. The van der Waals surface area contributed by atoms with E-state index in [0.717, 1.165) is 24.3 Å². The Morgan fingerprint density at radius 2 is 1.88 bits per heavy atom. The van der Waals surface area contributed by atoms with E-state index in [1.165, 1.54) is 12.1 Å². The molecule has 0 saturated heterocycles. The van der Waals surface area contributed by atoms with Crippen LogP contribution in [0.2, 0.25) is 0 Å². The molecule has 0 fully saturated rings. The molecule has 0 aliphatic heterocycles. The highest BCUT2D eigenvalue weighted by atomic mass is 79.9. The Hall–Kier alpha value is -2.00. The first-order chi connectivity index (χ1) is 11.2. The summed E-state index contributed by atoms with van der Waals surface area (Å²) < 4.78 is 59.2. The molecule has 128 valence electrons. The van der Waals surface area contributed by atoms with Crippen LogP contribution in [0.3, 0.4) is 0 Å². The van der Waals surface area contributed by atoms with Crippen LogP contribution in [-0.2, 0) is 14.8 Å². The topological polar surface area (TPSA) is 72.5 Å². The van der Waals surface area contributed by atoms with Gasteiger partial charge in [-0.3, -0.25) is 4.72 Å². The van der Waals surface area contributed by atoms with Crippen molar-refractivity contribution < 1.29 is 26.7 Å². The van der Waals surface area contributed by atoms with Gasteiger partial charge in [0.2, 0.25) is 0 Å². The van der Waals surface area contributed by atoms with Crippen LogP contribution in [0.1, 0.15) is 17.3 Å². The van der Waals surface area contributed by atoms with E-state index < -0.39 is 38.2 Å². The van der Waals surface area contributed by atoms with Crippen molar-refractivity contribution in [3.8, 4) is 0 Å². The van der Waals surface area contributed by atoms with Crippen LogP contribution in [0.5, 0.6) is 0 Å². The summed E-state index contributed by atoms with van der Waals surface area (Å²) >= 11 is 3.02. The van der Waals surface area contributed by atoms with Crippen LogP contribution >= 0.6 is 15.9 Å². The maximum absolute atomic E-state index is 14.0. The third-order valence-corrected chi connectivity index (χ3v) is 4.80. The molecule has 0 unspecified atom stereocenters. The van der Waals surface area contributed by atoms with Crippen LogP contribution in [0, 0.1) is 11.6 Å². The number of halogens is 3. The molecule has 0 spiro atoms. The lowest BCUT2D eigenvalue weighted by Gasteiger charge is -2.11. The van der Waals surface area contributed by atoms with E-state index in [0.29, 0.717) is 4.47 Å². The van der Waals surface area contributed by atoms with Gasteiger partial charge in [-0.15, -0.1) is 0 Å². The van der Waals surface area contributed by atoms with Gasteiger partial charge in [-0.2, -0.15) is 0 Å². The van der Waals surface area contributed by atoms with Gasteiger partial charge in [0.15, 0.2) is 0 Å². The summed E-state index contributed by atoms with van der Waals surface area (Å²) in [5.74, 6) is -2.70. The maximum Gasteiger partial charge on any atom is 0.338 e. The predicted molar refractivity (Wildman–Crippen MR) is 87.3 cm³/mol. The highest BCUT2D eigenvalue weighted by Gasteiger charge is 2.21. The monoisotopic (exact) mass is 419 g/mol. The Morgan fingerprint density at radius 1 is 1.17 bits per heavy atom. The lowest BCUT2D eigenvalue weighted by molar-refractivity contribution is 0.0526. The van der Waals surface area contributed by atoms with Gasteiger partial charge in [-0.1, -0.05) is 15.9 Å². The van der Waals surface area contributed by atoms with E-state index in [9.17, 15) is 22.0 Å². The van der Waals surface area contributed by atoms with Gasteiger partial charge in [0.25, 0.3) is 10.0 Å². The van der Waals surface area contributed by atoms with Crippen molar-refractivity contribution in [2.75, 3.05) is 11.3 Å². The van der Waals surface area contributed by atoms with Crippen molar-refractivity contribution in [3.05, 3.63) is 58.1 Å². The fourth-order valence-electron chi connectivity index (χ4n) is 1.83. The third kappa shape index (κ3) is 4.09. The Kier molecular flexibility index (Phi) is 5.55. The number of benzene rings is 2. The zero-order valence-electron chi connectivity index (χ0n) is 12.3. The second kappa shape index (κ2) is 7.27. The van der Waals surface area contributed by atoms with Crippen molar-refractivity contribution in [1.82, 2.24) is 0 Å². The SMILES string of the molecule is CCOC(=O)c1ccc(NS(=O)(=O)c2ccc(Br)cc2F)c(F)c1. The highest BCUT2D eigenvalue weighted by Crippen LogP contribution is 2.24. The minimum absolute atomic E-state index is 0.0629. The minimum Gasteiger partial charge on any atom is -0.462 e. The lowest BCUT2D eigenvalue weighted by atomic mass is 10.2. The molecule has 2 rings (SSSR count). The molecular formula is C15H12BrF2NO4S. The van der Waals surface area contributed by atoms with Gasteiger partial charge in [0.05, 0.1) is 17.9 Å². The molecule has 1 N–H and O–H groups in total. The van der Waals surface area contributed by atoms with Crippen molar-refractivity contribution in [2.24, 2.45) is 0 Å². The molecule has 0 heterocycles. The van der Waals surface area contributed by atoms with Gasteiger partial charge in [-0.05, 0) is 43.3 Å². The molecule has 24 heavy (non-hydrogen) atoms. The molecule has 5 nitrogen and oxygen atoms in total. The standard InChI is InChI=1S/C15H12BrF2NO4S/c1-2-23-15(20)9-3-5-13(11(17)7-9)19-24(21,22)14-6-4-10(16)8-12(14)18/h3-8,19H,2H2,1H3. The van der Waals surface area contributed by atoms with E-state index in [2.05, 4.69) is 15.9 Å². The molecule has 2 aromatic carbocycles. The number of esters is 1. The molecule has 0 aliphatic rings. The van der Waals surface area contributed by atoms with Crippen molar-refractivity contribution in [3.63, 3.8) is 0 Å². The Balaban J connectivity index is 2.31. The number of rotatable bonds is 5. The first kappa shape index (κ1) is 18.3. The molecule has 0 radical (unpaired) electrons. The fraction of sp³-hybridized carbons (Fsp3) is 0.133. The first-order valence-corrected chi connectivity index (χ1v) is 8.96. The van der Waals surface area contributed by atoms with Gasteiger partial charge >= 0.3 is 5.97 Å². The molecule has 9 heteroatoms. The molecule has 2 aromatic rings. The number of sulfonamides is 1. The molecule has 0 bridgehead atoms. The lowest BCUT2D eigenvalue weighted by Crippen LogP contribution is -2.16. The molecular weight excluding hydrogens is 408 g/mol. The van der Waals surface area contributed by atoms with E-state index in [1.807, 2.05) is 4.72 Å². The third-order valence-electron chi connectivity index (χ3n) is 2.91. The van der Waals surface area contributed by atoms with Crippen LogP contribution in [-0.4, -0.2) is 21.0 Å². The minimum atomic E-state index is -4.33. The first-order valence-electron chi connectivity index (χ1n) is 6.69. The molecule has 0 amide bonds. The van der Waals surface area contributed by atoms with Crippen molar-refractivity contribution in [2.45, 2.75) is 11.8 Å². The normalized spacial score (nSPS) is 11.2. The number of carbonyl (C=O) groups is 1. The molecule has 0 saturated carbocycles. The van der Waals surface area contributed by atoms with E-state index in [1.54, 1.807) is 6.92 Å². The van der Waals surface area contributed by atoms with Gasteiger partial charge in [0, 0.05) is 4.47 Å². The fourth-order valence-corrected chi connectivity index (χ4v) is 3.29. The van der Waals surface area contributed by atoms with Crippen molar-refractivity contribution in [1.29, 1.82) is 0 Å². The summed E-state index contributed by atoms with van der Waals surface area (Å²) in [6.45, 7) is 1.72. The van der Waals surface area contributed by atoms with Crippen molar-refractivity contribution >= 4 is 37.6 Å². The quantitative estimate of drug-likeness (QED) is 0.749. The van der Waals surface area contributed by atoms with E-state index in [4.69, 9.17) is 4.74 Å². The second-order valence-electron chi connectivity index (χ2n) is 4.60. The summed E-state index contributed by atoms with van der Waals surface area (Å²) in [5, 5.41) is 0. The molecule has 0 atom stereocenters. The summed E-state index contributed by atoms with van der Waals surface area (Å²) in [5.41, 5.74) is -0.475. The predicted octanol–water partition coefficient (Wildman–Crippen LogP) is 3.70.